The van der Waals surface area contributed by atoms with Crippen molar-refractivity contribution < 1.29 is 0 Å². The summed E-state index contributed by atoms with van der Waals surface area (Å²) < 4.78 is 0. The maximum Gasteiger partial charge on any atom is 0.0948 e. The highest BCUT2D eigenvalue weighted by atomic mass is 32.1. The number of benzene rings is 1. The Morgan fingerprint density at radius 3 is 2.70 bits per heavy atom. The van der Waals surface area contributed by atoms with Crippen LogP contribution in [0.15, 0.2) is 35.7 Å². The maximum absolute atomic E-state index is 5.75. The van der Waals surface area contributed by atoms with Gasteiger partial charge < -0.3 is 0 Å². The van der Waals surface area contributed by atoms with Gasteiger partial charge in [0.05, 0.1) is 10.7 Å². The highest BCUT2D eigenvalue weighted by molar-refractivity contribution is 7.09. The minimum Gasteiger partial charge on any atom is -0.271 e. The lowest BCUT2D eigenvalue weighted by Gasteiger charge is -2.21. The zero-order valence-electron chi connectivity index (χ0n) is 11.6. The summed E-state index contributed by atoms with van der Waals surface area (Å²) in [5.41, 5.74) is 5.27. The lowest BCUT2D eigenvalue weighted by atomic mass is 9.96. The lowest BCUT2D eigenvalue weighted by molar-refractivity contribution is 0.361. The third-order valence-corrected chi connectivity index (χ3v) is 5.07. The minimum atomic E-state index is 0.368. The molecule has 3 rings (SSSR count). The second-order valence-corrected chi connectivity index (χ2v) is 6.46. The molecule has 3 N–H and O–H groups in total. The van der Waals surface area contributed by atoms with E-state index in [0.29, 0.717) is 12.0 Å². The molecule has 1 fully saturated rings. The molecule has 4 heteroatoms. The number of nitrogens with two attached hydrogens (primary N) is 1. The van der Waals surface area contributed by atoms with E-state index in [2.05, 4.69) is 35.1 Å². The Morgan fingerprint density at radius 1 is 1.25 bits per heavy atom. The van der Waals surface area contributed by atoms with Crippen molar-refractivity contribution in [2.45, 2.75) is 38.1 Å². The largest absolute Gasteiger partial charge is 0.271 e. The molecule has 1 saturated carbocycles. The summed E-state index contributed by atoms with van der Waals surface area (Å²) in [6, 6.07) is 10.7. The van der Waals surface area contributed by atoms with Crippen LogP contribution in [0.1, 0.15) is 30.7 Å². The molecule has 20 heavy (non-hydrogen) atoms. The first kappa shape index (κ1) is 13.7. The third kappa shape index (κ3) is 3.08. The Bertz CT molecular complexity index is 532. The Balaban J connectivity index is 1.70. The smallest absolute Gasteiger partial charge is 0.0948 e. The van der Waals surface area contributed by atoms with Crippen molar-refractivity contribution in [3.8, 4) is 11.3 Å². The van der Waals surface area contributed by atoms with Crippen molar-refractivity contribution >= 4 is 11.3 Å². The van der Waals surface area contributed by atoms with Gasteiger partial charge in [-0.1, -0.05) is 43.2 Å². The summed E-state index contributed by atoms with van der Waals surface area (Å²) in [5.74, 6) is 6.46. The van der Waals surface area contributed by atoms with Crippen molar-refractivity contribution in [1.82, 2.24) is 10.4 Å². The molecule has 0 aliphatic heterocycles. The average Bonchev–Trinajstić information content (AvgIpc) is 3.17. The van der Waals surface area contributed by atoms with E-state index < -0.39 is 0 Å². The van der Waals surface area contributed by atoms with E-state index in [1.165, 1.54) is 36.3 Å². The molecule has 1 aromatic heterocycles. The second-order valence-electron chi connectivity index (χ2n) is 5.51. The number of hydrogen-bond donors (Lipinski definition) is 2. The van der Waals surface area contributed by atoms with E-state index in [-0.39, 0.29) is 0 Å². The second kappa shape index (κ2) is 6.48. The van der Waals surface area contributed by atoms with Gasteiger partial charge in [-0.3, -0.25) is 11.3 Å². The van der Waals surface area contributed by atoms with Crippen LogP contribution < -0.4 is 11.3 Å². The van der Waals surface area contributed by atoms with E-state index in [1.54, 1.807) is 11.3 Å². The van der Waals surface area contributed by atoms with Crippen LogP contribution in [0.4, 0.5) is 0 Å². The van der Waals surface area contributed by atoms with E-state index in [9.17, 15) is 0 Å². The molecule has 1 atom stereocenters. The molecule has 1 unspecified atom stereocenters. The van der Waals surface area contributed by atoms with Crippen molar-refractivity contribution in [3.63, 3.8) is 0 Å². The van der Waals surface area contributed by atoms with E-state index >= 15 is 0 Å². The summed E-state index contributed by atoms with van der Waals surface area (Å²) in [7, 11) is 0. The van der Waals surface area contributed by atoms with Crippen LogP contribution >= 0.6 is 11.3 Å². The predicted molar refractivity (Wildman–Crippen MR) is 84.3 cm³/mol. The maximum atomic E-state index is 5.75. The number of hydrazine groups is 1. The molecule has 0 amide bonds. The molecular weight excluding hydrogens is 266 g/mol. The first-order chi connectivity index (χ1) is 9.86. The van der Waals surface area contributed by atoms with Crippen LogP contribution in [-0.4, -0.2) is 11.0 Å². The first-order valence-corrected chi connectivity index (χ1v) is 8.21. The van der Waals surface area contributed by atoms with Crippen LogP contribution in [0.5, 0.6) is 0 Å². The van der Waals surface area contributed by atoms with Gasteiger partial charge in [-0.15, -0.1) is 11.3 Å². The highest BCUT2D eigenvalue weighted by Crippen LogP contribution is 2.30. The minimum absolute atomic E-state index is 0.368. The Labute approximate surface area is 124 Å². The van der Waals surface area contributed by atoms with E-state index in [1.807, 2.05) is 6.07 Å². The van der Waals surface area contributed by atoms with Gasteiger partial charge in [-0.25, -0.2) is 4.98 Å². The van der Waals surface area contributed by atoms with Crippen LogP contribution in [0, 0.1) is 5.92 Å². The number of nitrogens with zero attached hydrogens (tertiary/aromatic N) is 1. The van der Waals surface area contributed by atoms with Crippen molar-refractivity contribution in [1.29, 1.82) is 0 Å². The van der Waals surface area contributed by atoms with Gasteiger partial charge in [0.25, 0.3) is 0 Å². The van der Waals surface area contributed by atoms with Gasteiger partial charge in [0, 0.05) is 23.4 Å². The van der Waals surface area contributed by atoms with Crippen LogP contribution in [0.3, 0.4) is 0 Å². The number of rotatable bonds is 5. The first-order valence-electron chi connectivity index (χ1n) is 7.33. The van der Waals surface area contributed by atoms with Gasteiger partial charge in [0.1, 0.15) is 0 Å². The fourth-order valence-corrected chi connectivity index (χ4v) is 3.92. The topological polar surface area (TPSA) is 50.9 Å². The third-order valence-electron chi connectivity index (χ3n) is 4.20. The monoisotopic (exact) mass is 287 g/mol. The highest BCUT2D eigenvalue weighted by Gasteiger charge is 2.25. The summed E-state index contributed by atoms with van der Waals surface area (Å²) in [6.45, 7) is 0. The summed E-state index contributed by atoms with van der Waals surface area (Å²) in [4.78, 5) is 4.76. The Morgan fingerprint density at radius 2 is 2.00 bits per heavy atom. The number of hydrogen-bond acceptors (Lipinski definition) is 4. The molecule has 2 aromatic rings. The Hall–Kier alpha value is -1.23. The summed E-state index contributed by atoms with van der Waals surface area (Å²) >= 11 is 1.74. The lowest BCUT2D eigenvalue weighted by Crippen LogP contribution is -2.41. The van der Waals surface area contributed by atoms with E-state index in [4.69, 9.17) is 10.8 Å². The van der Waals surface area contributed by atoms with Gasteiger partial charge >= 0.3 is 0 Å². The zero-order valence-corrected chi connectivity index (χ0v) is 12.4. The van der Waals surface area contributed by atoms with Gasteiger partial charge in [-0.05, 0) is 18.8 Å². The van der Waals surface area contributed by atoms with Crippen molar-refractivity contribution in [2.24, 2.45) is 11.8 Å². The van der Waals surface area contributed by atoms with Gasteiger partial charge in [0.2, 0.25) is 0 Å². The Kier molecular flexibility index (Phi) is 4.45. The van der Waals surface area contributed by atoms with E-state index in [0.717, 1.165) is 12.1 Å². The van der Waals surface area contributed by atoms with Crippen LogP contribution in [0.25, 0.3) is 11.3 Å². The molecule has 1 aliphatic carbocycles. The van der Waals surface area contributed by atoms with Crippen LogP contribution in [-0.2, 0) is 6.42 Å². The SMILES string of the molecule is NNC(Cc1nc(-c2ccccc2)cs1)C1CCCC1. The molecule has 1 aromatic carbocycles. The zero-order chi connectivity index (χ0) is 13.8. The summed E-state index contributed by atoms with van der Waals surface area (Å²) in [6.07, 6.45) is 6.22. The van der Waals surface area contributed by atoms with Crippen molar-refractivity contribution in [3.05, 3.63) is 40.7 Å². The predicted octanol–water partition coefficient (Wildman–Crippen LogP) is 3.37. The molecular formula is C16H21N3S. The molecule has 0 bridgehead atoms. The fraction of sp³-hybridized carbons (Fsp3) is 0.438. The molecule has 0 spiro atoms. The molecule has 106 valence electrons. The standard InChI is InChI=1S/C16H21N3S/c17-19-14(12-8-4-5-9-12)10-16-18-15(11-20-16)13-6-2-1-3-7-13/h1-3,6-7,11-12,14,19H,4-5,8-10,17H2. The van der Waals surface area contributed by atoms with Crippen LogP contribution in [0.2, 0.25) is 0 Å². The normalized spacial score (nSPS) is 17.4. The van der Waals surface area contributed by atoms with Gasteiger partial charge in [-0.2, -0.15) is 0 Å². The number of thiazole rings is 1. The summed E-state index contributed by atoms with van der Waals surface area (Å²) in [5, 5.41) is 3.33. The van der Waals surface area contributed by atoms with Gasteiger partial charge in [0.15, 0.2) is 0 Å². The molecule has 0 saturated heterocycles. The molecule has 0 radical (unpaired) electrons. The average molecular weight is 287 g/mol. The number of nitrogens with one attached hydrogen (secondary N) is 1. The molecule has 1 heterocycles. The number of aromatic nitrogens is 1. The quantitative estimate of drug-likeness (QED) is 0.655. The fourth-order valence-electron chi connectivity index (χ4n) is 3.06. The molecule has 1 aliphatic rings. The van der Waals surface area contributed by atoms with Crippen molar-refractivity contribution in [2.75, 3.05) is 0 Å². The molecule has 3 nitrogen and oxygen atoms in total.